The van der Waals surface area contributed by atoms with E-state index in [0.29, 0.717) is 11.1 Å². The summed E-state index contributed by atoms with van der Waals surface area (Å²) in [4.78, 5) is 25.6. The highest BCUT2D eigenvalue weighted by atomic mass is 16.6. The Morgan fingerprint density at radius 2 is 1.18 bits per heavy atom. The van der Waals surface area contributed by atoms with Gasteiger partial charge in [-0.25, -0.2) is 9.59 Å². The molecular formula is C29H27NO4. The number of hydrogen-bond donors (Lipinski definition) is 1. The Balaban J connectivity index is 1.71. The summed E-state index contributed by atoms with van der Waals surface area (Å²) in [6.07, 6.45) is 0.721. The van der Waals surface area contributed by atoms with Gasteiger partial charge in [-0.3, -0.25) is 0 Å². The monoisotopic (exact) mass is 453 g/mol. The van der Waals surface area contributed by atoms with Gasteiger partial charge in [0.1, 0.15) is 0 Å². The largest absolute Gasteiger partial charge is 0.419 e. The quantitative estimate of drug-likeness (QED) is 0.296. The number of fused-ring (bicyclic) bond motifs is 1. The SMILES string of the molecule is Cc1ccc(C(=O)Oc2cc3ccc(CC(C)N)cc3cc2OC(=O)c2ccc(C)cc2)cc1. The van der Waals surface area contributed by atoms with Crippen LogP contribution >= 0.6 is 0 Å². The number of nitrogens with two attached hydrogens (primary N) is 1. The van der Waals surface area contributed by atoms with Gasteiger partial charge in [-0.2, -0.15) is 0 Å². The molecule has 1 atom stereocenters. The molecule has 34 heavy (non-hydrogen) atoms. The molecule has 5 heteroatoms. The van der Waals surface area contributed by atoms with Gasteiger partial charge in [0.15, 0.2) is 11.5 Å². The number of aryl methyl sites for hydroxylation is 2. The fraction of sp³-hybridized carbons (Fsp3) is 0.172. The Morgan fingerprint density at radius 1 is 0.706 bits per heavy atom. The first-order chi connectivity index (χ1) is 16.3. The number of benzene rings is 4. The second-order valence-corrected chi connectivity index (χ2v) is 8.67. The van der Waals surface area contributed by atoms with E-state index in [4.69, 9.17) is 15.2 Å². The summed E-state index contributed by atoms with van der Waals surface area (Å²) in [7, 11) is 0. The lowest BCUT2D eigenvalue weighted by atomic mass is 10.0. The number of ether oxygens (including phenoxy) is 2. The van der Waals surface area contributed by atoms with Crippen LogP contribution < -0.4 is 15.2 Å². The second kappa shape index (κ2) is 9.89. The van der Waals surface area contributed by atoms with E-state index in [1.807, 2.05) is 63.2 Å². The normalized spacial score (nSPS) is 11.8. The van der Waals surface area contributed by atoms with E-state index in [2.05, 4.69) is 0 Å². The second-order valence-electron chi connectivity index (χ2n) is 8.67. The van der Waals surface area contributed by atoms with Crippen molar-refractivity contribution >= 4 is 22.7 Å². The molecule has 0 aliphatic heterocycles. The van der Waals surface area contributed by atoms with Crippen molar-refractivity contribution in [2.45, 2.75) is 33.2 Å². The molecule has 172 valence electrons. The Bertz CT molecular complexity index is 1340. The lowest BCUT2D eigenvalue weighted by molar-refractivity contribution is 0.0683. The van der Waals surface area contributed by atoms with E-state index in [9.17, 15) is 9.59 Å². The minimum atomic E-state index is -0.529. The van der Waals surface area contributed by atoms with Crippen LogP contribution in [0.4, 0.5) is 0 Å². The third-order valence-electron chi connectivity index (χ3n) is 5.50. The van der Waals surface area contributed by atoms with Crippen molar-refractivity contribution in [2.75, 3.05) is 0 Å². The summed E-state index contributed by atoms with van der Waals surface area (Å²) in [6, 6.07) is 23.6. The van der Waals surface area contributed by atoms with Gasteiger partial charge in [-0.15, -0.1) is 0 Å². The fourth-order valence-electron chi connectivity index (χ4n) is 3.66. The average Bonchev–Trinajstić information content (AvgIpc) is 2.80. The van der Waals surface area contributed by atoms with Crippen LogP contribution in [0.1, 0.15) is 44.3 Å². The molecule has 0 spiro atoms. The van der Waals surface area contributed by atoms with Crippen LogP contribution in [0.25, 0.3) is 10.8 Å². The molecule has 4 aromatic carbocycles. The highest BCUT2D eigenvalue weighted by Crippen LogP contribution is 2.34. The topological polar surface area (TPSA) is 78.6 Å². The Morgan fingerprint density at radius 3 is 1.65 bits per heavy atom. The summed E-state index contributed by atoms with van der Waals surface area (Å²) in [5.74, 6) is -0.700. The lowest BCUT2D eigenvalue weighted by Crippen LogP contribution is -2.17. The fourth-order valence-corrected chi connectivity index (χ4v) is 3.66. The number of rotatable bonds is 6. The van der Waals surface area contributed by atoms with Gasteiger partial charge in [-0.1, -0.05) is 53.6 Å². The Labute approximate surface area is 199 Å². The molecule has 2 N–H and O–H groups in total. The maximum absolute atomic E-state index is 12.8. The summed E-state index contributed by atoms with van der Waals surface area (Å²) in [6.45, 7) is 5.84. The minimum absolute atomic E-state index is 0.0195. The number of hydrogen-bond acceptors (Lipinski definition) is 5. The van der Waals surface area contributed by atoms with Crippen LogP contribution in [0.15, 0.2) is 78.9 Å². The molecule has 0 aliphatic carbocycles. The molecular weight excluding hydrogens is 426 g/mol. The first-order valence-electron chi connectivity index (χ1n) is 11.2. The van der Waals surface area contributed by atoms with E-state index in [1.165, 1.54) is 0 Å². The lowest BCUT2D eigenvalue weighted by Gasteiger charge is -2.14. The molecule has 0 heterocycles. The van der Waals surface area contributed by atoms with Crippen LogP contribution in [0, 0.1) is 13.8 Å². The highest BCUT2D eigenvalue weighted by molar-refractivity contribution is 5.95. The maximum atomic E-state index is 12.8. The molecule has 1 unspecified atom stereocenters. The van der Waals surface area contributed by atoms with Gasteiger partial charge in [0.05, 0.1) is 11.1 Å². The zero-order valence-corrected chi connectivity index (χ0v) is 19.5. The summed E-state index contributed by atoms with van der Waals surface area (Å²) in [5.41, 5.74) is 9.93. The van der Waals surface area contributed by atoms with E-state index in [-0.39, 0.29) is 17.5 Å². The molecule has 0 aliphatic rings. The third kappa shape index (κ3) is 5.50. The predicted octanol–water partition coefficient (Wildman–Crippen LogP) is 5.78. The molecule has 0 aromatic heterocycles. The summed E-state index contributed by atoms with van der Waals surface area (Å²) in [5, 5.41) is 1.72. The van der Waals surface area contributed by atoms with Crippen molar-refractivity contribution < 1.29 is 19.1 Å². The summed E-state index contributed by atoms with van der Waals surface area (Å²) < 4.78 is 11.4. The number of carbonyl (C=O) groups is 2. The van der Waals surface area contributed by atoms with E-state index in [0.717, 1.165) is 33.9 Å². The van der Waals surface area contributed by atoms with Crippen LogP contribution in [0.3, 0.4) is 0 Å². The van der Waals surface area contributed by atoms with Gasteiger partial charge in [0.2, 0.25) is 0 Å². The van der Waals surface area contributed by atoms with Crippen molar-refractivity contribution in [3.05, 3.63) is 107 Å². The molecule has 0 saturated heterocycles. The smallest absolute Gasteiger partial charge is 0.343 e. The van der Waals surface area contributed by atoms with Crippen molar-refractivity contribution in [1.29, 1.82) is 0 Å². The van der Waals surface area contributed by atoms with Crippen molar-refractivity contribution in [3.8, 4) is 11.5 Å². The van der Waals surface area contributed by atoms with Crippen molar-refractivity contribution in [3.63, 3.8) is 0 Å². The molecule has 5 nitrogen and oxygen atoms in total. The third-order valence-corrected chi connectivity index (χ3v) is 5.50. The molecule has 4 rings (SSSR count). The van der Waals surface area contributed by atoms with Gasteiger partial charge in [0.25, 0.3) is 0 Å². The molecule has 0 amide bonds. The molecule has 0 bridgehead atoms. The van der Waals surface area contributed by atoms with E-state index in [1.54, 1.807) is 36.4 Å². The zero-order chi connectivity index (χ0) is 24.2. The molecule has 0 radical (unpaired) electrons. The Kier molecular flexibility index (Phi) is 6.75. The average molecular weight is 454 g/mol. The van der Waals surface area contributed by atoms with Crippen LogP contribution in [-0.2, 0) is 6.42 Å². The number of esters is 2. The van der Waals surface area contributed by atoms with Crippen molar-refractivity contribution in [2.24, 2.45) is 5.73 Å². The van der Waals surface area contributed by atoms with Crippen LogP contribution in [0.5, 0.6) is 11.5 Å². The van der Waals surface area contributed by atoms with E-state index >= 15 is 0 Å². The van der Waals surface area contributed by atoms with Gasteiger partial charge in [0, 0.05) is 6.04 Å². The van der Waals surface area contributed by atoms with Crippen molar-refractivity contribution in [1.82, 2.24) is 0 Å². The summed E-state index contributed by atoms with van der Waals surface area (Å²) >= 11 is 0. The van der Waals surface area contributed by atoms with Gasteiger partial charge < -0.3 is 15.2 Å². The van der Waals surface area contributed by atoms with Crippen LogP contribution in [0.2, 0.25) is 0 Å². The minimum Gasteiger partial charge on any atom is -0.419 e. The molecule has 4 aromatic rings. The number of carbonyl (C=O) groups excluding carboxylic acids is 2. The predicted molar refractivity (Wildman–Crippen MR) is 134 cm³/mol. The van der Waals surface area contributed by atoms with Gasteiger partial charge in [-0.05, 0) is 79.9 Å². The Hall–Kier alpha value is -3.96. The maximum Gasteiger partial charge on any atom is 0.343 e. The first kappa shape index (κ1) is 23.2. The van der Waals surface area contributed by atoms with E-state index < -0.39 is 11.9 Å². The standard InChI is InChI=1S/C29H27NO4/c1-18-4-9-22(10-5-18)28(31)33-26-16-24-13-8-21(14-20(3)30)15-25(24)17-27(26)34-29(32)23-11-6-19(2)7-12-23/h4-13,15-17,20H,14,30H2,1-3H3. The van der Waals surface area contributed by atoms with Gasteiger partial charge >= 0.3 is 11.9 Å². The van der Waals surface area contributed by atoms with Crippen LogP contribution in [-0.4, -0.2) is 18.0 Å². The molecule has 0 saturated carbocycles. The highest BCUT2D eigenvalue weighted by Gasteiger charge is 2.18. The first-order valence-corrected chi connectivity index (χ1v) is 11.2. The molecule has 0 fully saturated rings. The zero-order valence-electron chi connectivity index (χ0n) is 19.5.